The number of rotatable bonds is 5. The predicted molar refractivity (Wildman–Crippen MR) is 136 cm³/mol. The van der Waals surface area contributed by atoms with Crippen LogP contribution in [0.2, 0.25) is 0 Å². The molecule has 8 heteroatoms. The molecule has 0 atom stereocenters. The van der Waals surface area contributed by atoms with E-state index in [1.54, 1.807) is 30.3 Å². The van der Waals surface area contributed by atoms with Gasteiger partial charge in [-0.25, -0.2) is 8.42 Å². The second-order valence-electron chi connectivity index (χ2n) is 8.50. The number of hydrogen-bond acceptors (Lipinski definition) is 5. The Morgan fingerprint density at radius 2 is 1.56 bits per heavy atom. The molecule has 0 saturated heterocycles. The van der Waals surface area contributed by atoms with Crippen LogP contribution in [0.4, 0.5) is 5.69 Å². The van der Waals surface area contributed by atoms with Gasteiger partial charge in [0.15, 0.2) is 0 Å². The first kappa shape index (κ1) is 23.4. The number of nitrogens with zero attached hydrogens (tertiary/aromatic N) is 3. The van der Waals surface area contributed by atoms with Crippen LogP contribution < -0.4 is 0 Å². The molecule has 1 heterocycles. The van der Waals surface area contributed by atoms with Gasteiger partial charge in [0.05, 0.1) is 20.9 Å². The Hall–Kier alpha value is -4.32. The van der Waals surface area contributed by atoms with E-state index in [0.717, 1.165) is 22.3 Å². The molecule has 1 aliphatic rings. The lowest BCUT2D eigenvalue weighted by Gasteiger charge is -2.30. The maximum Gasteiger partial charge on any atom is 0.277 e. The number of benzene rings is 4. The number of sulfonamides is 1. The molecule has 0 aromatic heterocycles. The van der Waals surface area contributed by atoms with E-state index in [4.69, 9.17) is 0 Å². The molecule has 0 saturated carbocycles. The largest absolute Gasteiger partial charge is 0.277 e. The Morgan fingerprint density at radius 1 is 0.861 bits per heavy atom. The van der Waals surface area contributed by atoms with Crippen LogP contribution in [-0.4, -0.2) is 24.2 Å². The van der Waals surface area contributed by atoms with Crippen molar-refractivity contribution >= 4 is 15.7 Å². The first-order valence-corrected chi connectivity index (χ1v) is 12.8. The molecular formula is C28H21N3O4S. The van der Waals surface area contributed by atoms with Gasteiger partial charge in [-0.15, -0.1) is 0 Å². The number of nitro groups is 1. The lowest BCUT2D eigenvalue weighted by Crippen LogP contribution is -2.36. The summed E-state index contributed by atoms with van der Waals surface area (Å²) in [6.45, 7) is 0.367. The maximum atomic E-state index is 13.5. The summed E-state index contributed by atoms with van der Waals surface area (Å²) in [5, 5.41) is 21.2. The molecule has 4 aromatic rings. The first-order valence-electron chi connectivity index (χ1n) is 11.3. The number of nitriles is 1. The van der Waals surface area contributed by atoms with E-state index >= 15 is 0 Å². The van der Waals surface area contributed by atoms with Crippen molar-refractivity contribution in [3.8, 4) is 28.3 Å². The van der Waals surface area contributed by atoms with Gasteiger partial charge in [0, 0.05) is 19.2 Å². The van der Waals surface area contributed by atoms with Crippen molar-refractivity contribution < 1.29 is 13.3 Å². The van der Waals surface area contributed by atoms with Gasteiger partial charge in [-0.05, 0) is 64.6 Å². The monoisotopic (exact) mass is 495 g/mol. The molecular weight excluding hydrogens is 474 g/mol. The fraction of sp³-hybridized carbons (Fsp3) is 0.107. The van der Waals surface area contributed by atoms with Crippen LogP contribution in [0.5, 0.6) is 0 Å². The van der Waals surface area contributed by atoms with E-state index in [9.17, 15) is 23.8 Å². The Bertz CT molecular complexity index is 1630. The molecule has 4 aromatic carbocycles. The zero-order valence-electron chi connectivity index (χ0n) is 19.2. The molecule has 5 rings (SSSR count). The lowest BCUT2D eigenvalue weighted by molar-refractivity contribution is -0.384. The molecule has 0 fully saturated rings. The van der Waals surface area contributed by atoms with Gasteiger partial charge in [-0.1, -0.05) is 54.6 Å². The Labute approximate surface area is 209 Å². The lowest BCUT2D eigenvalue weighted by atomic mass is 9.87. The molecule has 0 bridgehead atoms. The van der Waals surface area contributed by atoms with Crippen LogP contribution in [0.3, 0.4) is 0 Å². The topological polar surface area (TPSA) is 104 Å². The van der Waals surface area contributed by atoms with Gasteiger partial charge in [-0.3, -0.25) is 10.1 Å². The average molecular weight is 496 g/mol. The van der Waals surface area contributed by atoms with E-state index in [1.165, 1.54) is 22.5 Å². The summed E-state index contributed by atoms with van der Waals surface area (Å²) in [4.78, 5) is 11.3. The highest BCUT2D eigenvalue weighted by Crippen LogP contribution is 2.39. The summed E-state index contributed by atoms with van der Waals surface area (Å²) in [6.07, 6.45) is 0.477. The number of hydrogen-bond donors (Lipinski definition) is 0. The normalized spacial score (nSPS) is 13.5. The van der Waals surface area contributed by atoms with Gasteiger partial charge in [0.2, 0.25) is 10.0 Å². The van der Waals surface area contributed by atoms with Gasteiger partial charge in [-0.2, -0.15) is 9.57 Å². The van der Waals surface area contributed by atoms with Crippen molar-refractivity contribution in [2.45, 2.75) is 17.9 Å². The number of fused-ring (bicyclic) bond motifs is 1. The first-order chi connectivity index (χ1) is 17.4. The fourth-order valence-corrected chi connectivity index (χ4v) is 6.27. The number of para-hydroxylation sites is 1. The molecule has 0 amide bonds. The van der Waals surface area contributed by atoms with Crippen molar-refractivity contribution in [3.05, 3.63) is 118 Å². The molecule has 36 heavy (non-hydrogen) atoms. The number of nitro benzene ring substituents is 1. The molecule has 0 unspecified atom stereocenters. The summed E-state index contributed by atoms with van der Waals surface area (Å²) in [7, 11) is -3.92. The van der Waals surface area contributed by atoms with Crippen LogP contribution >= 0.6 is 0 Å². The summed E-state index contributed by atoms with van der Waals surface area (Å²) < 4.78 is 28.4. The van der Waals surface area contributed by atoms with Crippen molar-refractivity contribution in [2.75, 3.05) is 6.54 Å². The van der Waals surface area contributed by atoms with Crippen molar-refractivity contribution in [1.82, 2.24) is 4.31 Å². The summed E-state index contributed by atoms with van der Waals surface area (Å²) in [5.74, 6) is 0. The predicted octanol–water partition coefficient (Wildman–Crippen LogP) is 5.55. The van der Waals surface area contributed by atoms with Crippen LogP contribution in [-0.2, 0) is 23.0 Å². The standard InChI is InChI=1S/C28H21N3O4S/c29-18-21-10-4-7-13-28(21)36(34,35)30-15-14-24-23(19-30)16-22(17-26(24)20-8-2-1-3-9-20)25-11-5-6-12-27(25)31(32)33/h1-13,16-17H,14-15,19H2. The van der Waals surface area contributed by atoms with E-state index in [-0.39, 0.29) is 29.2 Å². The maximum absolute atomic E-state index is 13.5. The van der Waals surface area contributed by atoms with Crippen LogP contribution in [0.25, 0.3) is 22.3 Å². The van der Waals surface area contributed by atoms with Crippen molar-refractivity contribution in [2.24, 2.45) is 0 Å². The van der Waals surface area contributed by atoms with Crippen LogP contribution in [0.15, 0.2) is 95.9 Å². The van der Waals surface area contributed by atoms with Gasteiger partial charge in [0.1, 0.15) is 6.07 Å². The Balaban J connectivity index is 1.66. The highest BCUT2D eigenvalue weighted by Gasteiger charge is 2.32. The zero-order valence-corrected chi connectivity index (χ0v) is 20.0. The third-order valence-corrected chi connectivity index (χ3v) is 8.33. The summed E-state index contributed by atoms with van der Waals surface area (Å²) >= 11 is 0. The molecule has 0 N–H and O–H groups in total. The van der Waals surface area contributed by atoms with Gasteiger partial charge in [0.25, 0.3) is 5.69 Å². The zero-order chi connectivity index (χ0) is 25.3. The van der Waals surface area contributed by atoms with E-state index in [1.807, 2.05) is 48.5 Å². The van der Waals surface area contributed by atoms with Gasteiger partial charge < -0.3 is 0 Å². The SMILES string of the molecule is N#Cc1ccccc1S(=O)(=O)N1CCc2c(cc(-c3ccccc3[N+](=O)[O-])cc2-c2ccccc2)C1. The van der Waals surface area contributed by atoms with Gasteiger partial charge >= 0.3 is 0 Å². The van der Waals surface area contributed by atoms with E-state index < -0.39 is 14.9 Å². The third kappa shape index (κ3) is 4.15. The quantitative estimate of drug-likeness (QED) is 0.267. The summed E-state index contributed by atoms with van der Waals surface area (Å²) in [6, 6.07) is 28.2. The minimum atomic E-state index is -3.92. The minimum Gasteiger partial charge on any atom is -0.258 e. The Morgan fingerprint density at radius 3 is 2.31 bits per heavy atom. The van der Waals surface area contributed by atoms with Crippen molar-refractivity contribution in [1.29, 1.82) is 5.26 Å². The van der Waals surface area contributed by atoms with Crippen molar-refractivity contribution in [3.63, 3.8) is 0 Å². The second-order valence-corrected chi connectivity index (χ2v) is 10.4. The second kappa shape index (κ2) is 9.38. The van der Waals surface area contributed by atoms with E-state index in [2.05, 4.69) is 0 Å². The van der Waals surface area contributed by atoms with E-state index in [0.29, 0.717) is 17.5 Å². The molecule has 1 aliphatic heterocycles. The highest BCUT2D eigenvalue weighted by molar-refractivity contribution is 7.89. The molecule has 0 spiro atoms. The molecule has 0 radical (unpaired) electrons. The Kier molecular flexibility index (Phi) is 6.10. The highest BCUT2D eigenvalue weighted by atomic mass is 32.2. The third-order valence-electron chi connectivity index (χ3n) is 6.42. The molecule has 0 aliphatic carbocycles. The minimum absolute atomic E-state index is 0.0142. The summed E-state index contributed by atoms with van der Waals surface area (Å²) in [5.41, 5.74) is 4.89. The van der Waals surface area contributed by atoms with Crippen LogP contribution in [0, 0.1) is 21.4 Å². The smallest absolute Gasteiger partial charge is 0.258 e. The average Bonchev–Trinajstić information content (AvgIpc) is 2.92. The fourth-order valence-electron chi connectivity index (χ4n) is 4.71. The molecule has 7 nitrogen and oxygen atoms in total. The van der Waals surface area contributed by atoms with Crippen LogP contribution in [0.1, 0.15) is 16.7 Å². The molecule has 178 valence electrons.